The van der Waals surface area contributed by atoms with Crippen molar-refractivity contribution >= 4 is 31.7 Å². The fraction of sp³-hybridized carbons (Fsp3) is 0.278. The molecule has 2 aromatic rings. The van der Waals surface area contributed by atoms with Crippen LogP contribution >= 0.6 is 15.9 Å². The summed E-state index contributed by atoms with van der Waals surface area (Å²) in [4.78, 5) is 11.2. The molecule has 4 rings (SSSR count). The third-order valence-electron chi connectivity index (χ3n) is 5.23. The van der Waals surface area contributed by atoms with Crippen LogP contribution in [-0.4, -0.2) is 25.0 Å². The molecule has 0 amide bonds. The fourth-order valence-electron chi connectivity index (χ4n) is 4.14. The number of fused-ring (bicyclic) bond motifs is 4. The van der Waals surface area contributed by atoms with Gasteiger partial charge in [-0.3, -0.25) is 4.79 Å². The molecule has 0 aromatic heterocycles. The van der Waals surface area contributed by atoms with E-state index in [9.17, 15) is 31.5 Å². The predicted octanol–water partition coefficient (Wildman–Crippen LogP) is 3.99. The second kappa shape index (κ2) is 5.96. The lowest BCUT2D eigenvalue weighted by Gasteiger charge is -2.37. The van der Waals surface area contributed by atoms with Crippen LogP contribution in [0.2, 0.25) is 0 Å². The number of carbonyl (C=O) groups excluding carboxylic acids is 1. The molecule has 2 aromatic carbocycles. The van der Waals surface area contributed by atoms with E-state index in [1.54, 1.807) is 18.2 Å². The number of hydrogen-bond acceptors (Lipinski definition) is 5. The first-order chi connectivity index (χ1) is 13.0. The summed E-state index contributed by atoms with van der Waals surface area (Å²) < 4.78 is 70.4. The van der Waals surface area contributed by atoms with Crippen LogP contribution in [-0.2, 0) is 26.5 Å². The number of halogens is 4. The summed E-state index contributed by atoms with van der Waals surface area (Å²) in [6.45, 7) is 0. The third-order valence-corrected chi connectivity index (χ3v) is 7.48. The molecule has 0 saturated carbocycles. The highest BCUT2D eigenvalue weighted by atomic mass is 79.9. The van der Waals surface area contributed by atoms with Crippen molar-refractivity contribution in [1.82, 2.24) is 0 Å². The monoisotopic (exact) mass is 476 g/mol. The number of phenols is 1. The van der Waals surface area contributed by atoms with E-state index in [0.29, 0.717) is 18.1 Å². The van der Waals surface area contributed by atoms with Crippen LogP contribution in [0.5, 0.6) is 11.5 Å². The molecule has 28 heavy (non-hydrogen) atoms. The van der Waals surface area contributed by atoms with Gasteiger partial charge in [-0.15, -0.1) is 0 Å². The van der Waals surface area contributed by atoms with E-state index in [4.69, 9.17) is 4.74 Å². The Labute approximate surface area is 166 Å². The number of ether oxygens (including phenoxy) is 1. The lowest BCUT2D eigenvalue weighted by Crippen LogP contribution is -2.38. The number of hydrogen-bond donors (Lipinski definition) is 1. The van der Waals surface area contributed by atoms with Gasteiger partial charge in [-0.25, -0.2) is 8.42 Å². The smallest absolute Gasteiger partial charge is 0.501 e. The number of aromatic hydroxyl groups is 1. The number of esters is 1. The van der Waals surface area contributed by atoms with Crippen molar-refractivity contribution in [1.29, 1.82) is 0 Å². The van der Waals surface area contributed by atoms with Crippen molar-refractivity contribution in [2.75, 3.05) is 0 Å². The summed E-state index contributed by atoms with van der Waals surface area (Å²) in [5, 5.41) is 9.82. The number of carbonyl (C=O) groups is 1. The van der Waals surface area contributed by atoms with E-state index in [0.717, 1.165) is 16.1 Å². The maximum atomic E-state index is 13.3. The molecule has 0 saturated heterocycles. The second-order valence-corrected chi connectivity index (χ2v) is 9.53. The molecule has 1 aliphatic heterocycles. The molecule has 2 aliphatic rings. The summed E-state index contributed by atoms with van der Waals surface area (Å²) in [6.07, 6.45) is 0.378. The first kappa shape index (κ1) is 19.3. The zero-order valence-corrected chi connectivity index (χ0v) is 16.4. The molecule has 0 radical (unpaired) electrons. The summed E-state index contributed by atoms with van der Waals surface area (Å²) in [5.74, 6) is -1.81. The van der Waals surface area contributed by atoms with Crippen LogP contribution in [0.25, 0.3) is 0 Å². The first-order valence-electron chi connectivity index (χ1n) is 8.15. The van der Waals surface area contributed by atoms with Crippen molar-refractivity contribution in [2.24, 2.45) is 0 Å². The molecule has 5 nitrogen and oxygen atoms in total. The maximum Gasteiger partial charge on any atom is 0.501 e. The van der Waals surface area contributed by atoms with Gasteiger partial charge in [0.1, 0.15) is 11.5 Å². The highest BCUT2D eigenvalue weighted by Crippen LogP contribution is 2.56. The lowest BCUT2D eigenvalue weighted by molar-refractivity contribution is -0.137. The number of rotatable bonds is 1. The molecule has 1 aliphatic carbocycles. The maximum absolute atomic E-state index is 13.3. The number of alkyl halides is 3. The zero-order valence-electron chi connectivity index (χ0n) is 14.0. The van der Waals surface area contributed by atoms with E-state index in [1.807, 2.05) is 0 Å². The average molecular weight is 477 g/mol. The van der Waals surface area contributed by atoms with Crippen molar-refractivity contribution in [3.63, 3.8) is 0 Å². The minimum absolute atomic E-state index is 0.234. The van der Waals surface area contributed by atoms with Crippen molar-refractivity contribution in [3.8, 4) is 11.5 Å². The highest BCUT2D eigenvalue weighted by molar-refractivity contribution is 9.10. The van der Waals surface area contributed by atoms with Gasteiger partial charge in [0.15, 0.2) is 0 Å². The number of sulfone groups is 1. The van der Waals surface area contributed by atoms with Gasteiger partial charge in [0.05, 0.1) is 11.3 Å². The van der Waals surface area contributed by atoms with Crippen molar-refractivity contribution < 1.29 is 36.2 Å². The van der Waals surface area contributed by atoms with Crippen LogP contribution in [0.15, 0.2) is 39.7 Å². The quantitative estimate of drug-likeness (QED) is 0.497. The van der Waals surface area contributed by atoms with Crippen LogP contribution in [0, 0.1) is 0 Å². The Morgan fingerprint density at radius 2 is 1.93 bits per heavy atom. The minimum atomic E-state index is -5.80. The van der Waals surface area contributed by atoms with Gasteiger partial charge in [-0.1, -0.05) is 28.1 Å². The van der Waals surface area contributed by atoms with Gasteiger partial charge in [0.2, 0.25) is 0 Å². The summed E-state index contributed by atoms with van der Waals surface area (Å²) in [5.41, 5.74) is -5.73. The Morgan fingerprint density at radius 1 is 1.21 bits per heavy atom. The second-order valence-electron chi connectivity index (χ2n) is 6.77. The van der Waals surface area contributed by atoms with Crippen LogP contribution < -0.4 is 4.74 Å². The lowest BCUT2D eigenvalue weighted by atomic mass is 9.71. The summed E-state index contributed by atoms with van der Waals surface area (Å²) >= 11 is 3.40. The van der Waals surface area contributed by atoms with Gasteiger partial charge >= 0.3 is 11.5 Å². The molecule has 10 heteroatoms. The molecule has 1 N–H and O–H groups in total. The van der Waals surface area contributed by atoms with Crippen LogP contribution in [0.1, 0.15) is 29.5 Å². The minimum Gasteiger partial charge on any atom is -0.508 e. The number of phenolic OH excluding ortho intramolecular Hbond substituents is 1. The molecule has 1 spiro atoms. The molecular weight excluding hydrogens is 465 g/mol. The van der Waals surface area contributed by atoms with Gasteiger partial charge in [0, 0.05) is 21.5 Å². The zero-order chi connectivity index (χ0) is 20.5. The molecule has 0 fully saturated rings. The van der Waals surface area contributed by atoms with E-state index < -0.39 is 37.4 Å². The van der Waals surface area contributed by atoms with E-state index >= 15 is 0 Å². The Morgan fingerprint density at radius 3 is 2.61 bits per heavy atom. The molecule has 1 unspecified atom stereocenters. The summed E-state index contributed by atoms with van der Waals surface area (Å²) in [7, 11) is -5.80. The van der Waals surface area contributed by atoms with Crippen LogP contribution in [0.3, 0.4) is 0 Å². The molecule has 0 bridgehead atoms. The third kappa shape index (κ3) is 2.57. The van der Waals surface area contributed by atoms with E-state index in [-0.39, 0.29) is 24.2 Å². The molecule has 148 valence electrons. The first-order valence-corrected chi connectivity index (χ1v) is 10.4. The Kier molecular flexibility index (Phi) is 4.10. The average Bonchev–Trinajstić information content (AvgIpc) is 2.93. The van der Waals surface area contributed by atoms with Crippen molar-refractivity contribution in [2.45, 2.75) is 35.1 Å². The highest BCUT2D eigenvalue weighted by Gasteiger charge is 2.55. The standard InChI is InChI=1S/C18H12BrF3O5S/c19-12-3-1-2-11-10(12)4-5-17(11)8-15(24)27-13-6-9(23)7-14(16(13)17)28(25,26)18(20,21)22/h1-3,6-7,23H,4-5,8H2. The normalized spacial score (nSPS) is 21.4. The van der Waals surface area contributed by atoms with Crippen molar-refractivity contribution in [3.05, 3.63) is 51.5 Å². The largest absolute Gasteiger partial charge is 0.508 e. The predicted molar refractivity (Wildman–Crippen MR) is 94.8 cm³/mol. The number of benzene rings is 2. The SMILES string of the molecule is O=C1CC2(CCc3c(Br)cccc32)c2c(cc(O)cc2S(=O)(=O)C(F)(F)F)O1. The molecule has 1 atom stereocenters. The Bertz CT molecular complexity index is 1130. The van der Waals surface area contributed by atoms with Gasteiger partial charge < -0.3 is 9.84 Å². The Hall–Kier alpha value is -2.07. The summed E-state index contributed by atoms with van der Waals surface area (Å²) in [6, 6.07) is 6.66. The molecular formula is C18H12BrF3O5S. The van der Waals surface area contributed by atoms with Gasteiger partial charge in [-0.05, 0) is 36.1 Å². The fourth-order valence-corrected chi connectivity index (χ4v) is 5.79. The van der Waals surface area contributed by atoms with Gasteiger partial charge in [0.25, 0.3) is 9.84 Å². The Balaban J connectivity index is 2.11. The van der Waals surface area contributed by atoms with E-state index in [1.165, 1.54) is 0 Å². The van der Waals surface area contributed by atoms with E-state index in [2.05, 4.69) is 15.9 Å². The van der Waals surface area contributed by atoms with Crippen LogP contribution in [0.4, 0.5) is 13.2 Å². The van der Waals surface area contributed by atoms with Gasteiger partial charge in [-0.2, -0.15) is 13.2 Å². The molecule has 1 heterocycles. The topological polar surface area (TPSA) is 80.7 Å².